The van der Waals surface area contributed by atoms with Crippen molar-refractivity contribution in [3.63, 3.8) is 0 Å². The predicted octanol–water partition coefficient (Wildman–Crippen LogP) is 0.126. The van der Waals surface area contributed by atoms with E-state index in [1.165, 1.54) is 7.11 Å². The number of sulfonamides is 1. The van der Waals surface area contributed by atoms with E-state index in [2.05, 4.69) is 10.2 Å². The van der Waals surface area contributed by atoms with Crippen LogP contribution in [-0.4, -0.2) is 44.4 Å². The average molecular weight is 303 g/mol. The van der Waals surface area contributed by atoms with Crippen molar-refractivity contribution in [1.29, 1.82) is 0 Å². The van der Waals surface area contributed by atoms with Gasteiger partial charge in [0.2, 0.25) is 10.0 Å². The summed E-state index contributed by atoms with van der Waals surface area (Å²) in [4.78, 5) is 11.7. The van der Waals surface area contributed by atoms with Crippen LogP contribution >= 0.6 is 0 Å². The third kappa shape index (κ3) is 3.17. The van der Waals surface area contributed by atoms with Gasteiger partial charge in [-0.05, 0) is 19.8 Å². The van der Waals surface area contributed by atoms with E-state index in [0.29, 0.717) is 5.69 Å². The summed E-state index contributed by atoms with van der Waals surface area (Å²) in [6.45, 7) is 1.84. The van der Waals surface area contributed by atoms with Gasteiger partial charge in [0.1, 0.15) is 11.0 Å². The Hall–Kier alpha value is -1.45. The molecule has 0 radical (unpaired) electrons. The molecule has 8 nitrogen and oxygen atoms in total. The van der Waals surface area contributed by atoms with Gasteiger partial charge >= 0.3 is 5.97 Å². The van der Waals surface area contributed by atoms with E-state index in [1.807, 2.05) is 0 Å². The minimum absolute atomic E-state index is 0.0637. The first-order chi connectivity index (χ1) is 9.34. The molecule has 0 saturated heterocycles. The zero-order valence-electron chi connectivity index (χ0n) is 11.3. The molecule has 1 aromatic heterocycles. The highest BCUT2D eigenvalue weighted by Crippen LogP contribution is 2.42. The lowest BCUT2D eigenvalue weighted by Crippen LogP contribution is -2.23. The Bertz CT molecular complexity index is 606. The SMILES string of the molecule is COCC(C)OC(=O)c1n[nH]c(C2CC2)c1S(N)(=O)=O. The van der Waals surface area contributed by atoms with Crippen molar-refractivity contribution in [3.8, 4) is 0 Å². The van der Waals surface area contributed by atoms with Crippen molar-refractivity contribution in [2.24, 2.45) is 5.14 Å². The topological polar surface area (TPSA) is 124 Å². The van der Waals surface area contributed by atoms with Crippen molar-refractivity contribution < 1.29 is 22.7 Å². The van der Waals surface area contributed by atoms with Gasteiger partial charge in [-0.15, -0.1) is 0 Å². The molecule has 0 aromatic carbocycles. The van der Waals surface area contributed by atoms with E-state index in [9.17, 15) is 13.2 Å². The molecule has 112 valence electrons. The summed E-state index contributed by atoms with van der Waals surface area (Å²) < 4.78 is 33.2. The Labute approximate surface area is 116 Å². The molecule has 0 amide bonds. The molecular weight excluding hydrogens is 286 g/mol. The number of nitrogens with zero attached hydrogens (tertiary/aromatic N) is 1. The third-order valence-corrected chi connectivity index (χ3v) is 3.90. The molecular formula is C11H17N3O5S. The first-order valence-electron chi connectivity index (χ1n) is 6.15. The fraction of sp³-hybridized carbons (Fsp3) is 0.636. The van der Waals surface area contributed by atoms with E-state index < -0.39 is 22.1 Å². The van der Waals surface area contributed by atoms with Gasteiger partial charge in [-0.2, -0.15) is 5.10 Å². The Kier molecular flexibility index (Phi) is 4.11. The summed E-state index contributed by atoms with van der Waals surface area (Å²) in [5, 5.41) is 11.5. The molecule has 0 aliphatic heterocycles. The van der Waals surface area contributed by atoms with Crippen LogP contribution in [-0.2, 0) is 19.5 Å². The lowest BCUT2D eigenvalue weighted by molar-refractivity contribution is 0.0110. The van der Waals surface area contributed by atoms with Crippen LogP contribution in [0.5, 0.6) is 0 Å². The summed E-state index contributed by atoms with van der Waals surface area (Å²) in [6.07, 6.45) is 1.18. The Morgan fingerprint density at radius 3 is 2.70 bits per heavy atom. The van der Waals surface area contributed by atoms with Gasteiger partial charge in [-0.25, -0.2) is 18.4 Å². The summed E-state index contributed by atoms with van der Waals surface area (Å²) in [5.74, 6) is -0.768. The molecule has 2 rings (SSSR count). The van der Waals surface area contributed by atoms with Gasteiger partial charge in [0.05, 0.1) is 12.3 Å². The van der Waals surface area contributed by atoms with Crippen LogP contribution in [0, 0.1) is 0 Å². The molecule has 1 saturated carbocycles. The number of ether oxygens (including phenoxy) is 2. The van der Waals surface area contributed by atoms with Crippen molar-refractivity contribution in [2.45, 2.75) is 36.7 Å². The van der Waals surface area contributed by atoms with Crippen molar-refractivity contribution in [2.75, 3.05) is 13.7 Å². The zero-order valence-corrected chi connectivity index (χ0v) is 12.1. The number of hydrogen-bond acceptors (Lipinski definition) is 6. The number of hydrogen-bond donors (Lipinski definition) is 2. The second-order valence-corrected chi connectivity index (χ2v) is 6.30. The molecule has 1 unspecified atom stereocenters. The number of nitrogens with one attached hydrogen (secondary N) is 1. The third-order valence-electron chi connectivity index (χ3n) is 2.92. The second kappa shape index (κ2) is 5.51. The number of rotatable bonds is 6. The molecule has 1 heterocycles. The molecule has 1 aliphatic carbocycles. The highest BCUT2D eigenvalue weighted by Gasteiger charge is 2.36. The Morgan fingerprint density at radius 1 is 1.55 bits per heavy atom. The number of carbonyl (C=O) groups excluding carboxylic acids is 1. The van der Waals surface area contributed by atoms with Crippen LogP contribution in [0.3, 0.4) is 0 Å². The lowest BCUT2D eigenvalue weighted by Gasteiger charge is -2.11. The Morgan fingerprint density at radius 2 is 2.20 bits per heavy atom. The zero-order chi connectivity index (χ0) is 14.9. The van der Waals surface area contributed by atoms with Gasteiger partial charge < -0.3 is 9.47 Å². The van der Waals surface area contributed by atoms with Gasteiger partial charge in [0.15, 0.2) is 5.69 Å². The van der Waals surface area contributed by atoms with Crippen LogP contribution < -0.4 is 5.14 Å². The monoisotopic (exact) mass is 303 g/mol. The molecule has 1 aliphatic rings. The quantitative estimate of drug-likeness (QED) is 0.719. The second-order valence-electron chi connectivity index (χ2n) is 4.81. The van der Waals surface area contributed by atoms with Gasteiger partial charge in [-0.1, -0.05) is 0 Å². The number of aromatic amines is 1. The predicted molar refractivity (Wildman–Crippen MR) is 68.7 cm³/mol. The first-order valence-corrected chi connectivity index (χ1v) is 7.70. The normalized spacial score (nSPS) is 16.9. The molecule has 1 aromatic rings. The van der Waals surface area contributed by atoms with Crippen molar-refractivity contribution >= 4 is 16.0 Å². The average Bonchev–Trinajstić information content (AvgIpc) is 3.06. The molecule has 0 spiro atoms. The van der Waals surface area contributed by atoms with E-state index in [4.69, 9.17) is 14.6 Å². The highest BCUT2D eigenvalue weighted by atomic mass is 32.2. The summed E-state index contributed by atoms with van der Waals surface area (Å²) in [7, 11) is -2.57. The maximum atomic E-state index is 12.0. The maximum Gasteiger partial charge on any atom is 0.360 e. The maximum absolute atomic E-state index is 12.0. The van der Waals surface area contributed by atoms with E-state index in [1.54, 1.807) is 6.92 Å². The highest BCUT2D eigenvalue weighted by molar-refractivity contribution is 7.89. The molecule has 20 heavy (non-hydrogen) atoms. The number of methoxy groups -OCH3 is 1. The van der Waals surface area contributed by atoms with Crippen LogP contribution in [0.2, 0.25) is 0 Å². The summed E-state index contributed by atoms with van der Waals surface area (Å²) >= 11 is 0. The van der Waals surface area contributed by atoms with Crippen molar-refractivity contribution in [3.05, 3.63) is 11.4 Å². The molecule has 1 atom stereocenters. The van der Waals surface area contributed by atoms with Crippen LogP contribution in [0.1, 0.15) is 41.9 Å². The molecule has 9 heteroatoms. The van der Waals surface area contributed by atoms with Crippen LogP contribution in [0.4, 0.5) is 0 Å². The minimum Gasteiger partial charge on any atom is -0.455 e. The van der Waals surface area contributed by atoms with Crippen molar-refractivity contribution in [1.82, 2.24) is 10.2 Å². The molecule has 0 bridgehead atoms. The fourth-order valence-electron chi connectivity index (χ4n) is 1.93. The number of aromatic nitrogens is 2. The molecule has 1 fully saturated rings. The largest absolute Gasteiger partial charge is 0.455 e. The van der Waals surface area contributed by atoms with E-state index in [0.717, 1.165) is 12.8 Å². The van der Waals surface area contributed by atoms with Crippen LogP contribution in [0.25, 0.3) is 0 Å². The first kappa shape index (κ1) is 14.9. The minimum atomic E-state index is -4.04. The Balaban J connectivity index is 2.30. The summed E-state index contributed by atoms with van der Waals surface area (Å²) in [6, 6.07) is 0. The van der Waals surface area contributed by atoms with Crippen LogP contribution in [0.15, 0.2) is 4.90 Å². The number of primary sulfonamides is 1. The smallest absolute Gasteiger partial charge is 0.360 e. The van der Waals surface area contributed by atoms with Gasteiger partial charge in [0, 0.05) is 13.0 Å². The lowest BCUT2D eigenvalue weighted by atomic mass is 10.2. The molecule has 3 N–H and O–H groups in total. The fourth-order valence-corrected chi connectivity index (χ4v) is 2.84. The van der Waals surface area contributed by atoms with Gasteiger partial charge in [-0.3, -0.25) is 5.10 Å². The standard InChI is InChI=1S/C11H17N3O5S/c1-6(5-18-2)19-11(15)9-10(20(12,16)17)8(13-14-9)7-3-4-7/h6-7H,3-5H2,1-2H3,(H,13,14)(H2,12,16,17). The van der Waals surface area contributed by atoms with Gasteiger partial charge in [0.25, 0.3) is 0 Å². The van der Waals surface area contributed by atoms with E-state index >= 15 is 0 Å². The number of nitrogens with two attached hydrogens (primary N) is 1. The number of esters is 1. The van der Waals surface area contributed by atoms with E-state index in [-0.39, 0.29) is 23.1 Å². The summed E-state index contributed by atoms with van der Waals surface area (Å²) in [5.41, 5.74) is 0.0937. The number of H-pyrrole nitrogens is 1. The number of carbonyl (C=O) groups is 1.